The average Bonchev–Trinajstić information content (AvgIpc) is 2.18. The molecule has 1 rings (SSSR count). The molecule has 1 fully saturated rings. The predicted octanol–water partition coefficient (Wildman–Crippen LogP) is 1.79. The van der Waals surface area contributed by atoms with E-state index in [0.717, 1.165) is 5.37 Å². The van der Waals surface area contributed by atoms with Gasteiger partial charge in [0.2, 0.25) is 0 Å². The number of nitrogens with zero attached hydrogens (tertiary/aromatic N) is 1. The summed E-state index contributed by atoms with van der Waals surface area (Å²) in [6, 6.07) is 0. The summed E-state index contributed by atoms with van der Waals surface area (Å²) in [6.07, 6.45) is 1.30. The highest BCUT2D eigenvalue weighted by molar-refractivity contribution is 8.00. The van der Waals surface area contributed by atoms with Crippen LogP contribution in [0.4, 0.5) is 0 Å². The molecule has 0 aliphatic carbocycles. The molecule has 0 bridgehead atoms. The first kappa shape index (κ1) is 7.42. The molecule has 0 aromatic heterocycles. The van der Waals surface area contributed by atoms with Crippen molar-refractivity contribution in [3.63, 3.8) is 0 Å². The molecule has 1 aliphatic heterocycles. The summed E-state index contributed by atoms with van der Waals surface area (Å²) in [5, 5.41) is 0.782. The smallest absolute Gasteiger partial charge is 0.0529 e. The van der Waals surface area contributed by atoms with Crippen molar-refractivity contribution in [2.24, 2.45) is 0 Å². The van der Waals surface area contributed by atoms with E-state index in [1.165, 1.54) is 25.3 Å². The fourth-order valence-electron chi connectivity index (χ4n) is 1.21. The lowest BCUT2D eigenvalue weighted by molar-refractivity contribution is 0.300. The molecule has 0 saturated carbocycles. The lowest BCUT2D eigenvalue weighted by Gasteiger charge is -2.18. The van der Waals surface area contributed by atoms with Gasteiger partial charge in [-0.25, -0.2) is 0 Å². The molecule has 1 aliphatic rings. The highest BCUT2D eigenvalue weighted by atomic mass is 32.2. The molecule has 0 aromatic carbocycles. The van der Waals surface area contributed by atoms with Gasteiger partial charge in [0.15, 0.2) is 0 Å². The Hall–Kier alpha value is 0.310. The standard InChI is InChI=1S/C7H15NS/c1-3-4-8-5-6-9-7(8)2/h7H,3-6H2,1-2H3. The maximum Gasteiger partial charge on any atom is 0.0529 e. The van der Waals surface area contributed by atoms with E-state index in [-0.39, 0.29) is 0 Å². The lowest BCUT2D eigenvalue weighted by Crippen LogP contribution is -2.26. The van der Waals surface area contributed by atoms with Crippen LogP contribution in [0, 0.1) is 0 Å². The zero-order valence-corrected chi connectivity index (χ0v) is 7.08. The van der Waals surface area contributed by atoms with Crippen LogP contribution in [0.3, 0.4) is 0 Å². The van der Waals surface area contributed by atoms with Crippen molar-refractivity contribution >= 4 is 11.8 Å². The Labute approximate surface area is 61.8 Å². The van der Waals surface area contributed by atoms with E-state index in [1.807, 2.05) is 0 Å². The number of hydrogen-bond acceptors (Lipinski definition) is 2. The molecule has 1 heterocycles. The van der Waals surface area contributed by atoms with Gasteiger partial charge >= 0.3 is 0 Å². The van der Waals surface area contributed by atoms with Gasteiger partial charge in [0.25, 0.3) is 0 Å². The highest BCUT2D eigenvalue weighted by Crippen LogP contribution is 2.22. The van der Waals surface area contributed by atoms with Crippen molar-refractivity contribution in [3.05, 3.63) is 0 Å². The van der Waals surface area contributed by atoms with E-state index in [1.54, 1.807) is 0 Å². The topological polar surface area (TPSA) is 3.24 Å². The Morgan fingerprint density at radius 2 is 2.44 bits per heavy atom. The van der Waals surface area contributed by atoms with Gasteiger partial charge in [0.05, 0.1) is 5.37 Å². The minimum atomic E-state index is 0.782. The van der Waals surface area contributed by atoms with Crippen LogP contribution in [0.1, 0.15) is 20.3 Å². The van der Waals surface area contributed by atoms with Crippen molar-refractivity contribution in [1.29, 1.82) is 0 Å². The van der Waals surface area contributed by atoms with Crippen molar-refractivity contribution in [2.45, 2.75) is 25.6 Å². The fraction of sp³-hybridized carbons (Fsp3) is 1.00. The zero-order valence-electron chi connectivity index (χ0n) is 6.26. The first-order valence-corrected chi connectivity index (χ1v) is 4.75. The first-order chi connectivity index (χ1) is 4.34. The Morgan fingerprint density at radius 3 is 2.89 bits per heavy atom. The maximum atomic E-state index is 2.55. The molecule has 2 heteroatoms. The molecule has 9 heavy (non-hydrogen) atoms. The minimum absolute atomic E-state index is 0.782. The fourth-order valence-corrected chi connectivity index (χ4v) is 2.31. The van der Waals surface area contributed by atoms with Crippen LogP contribution in [0.2, 0.25) is 0 Å². The van der Waals surface area contributed by atoms with Gasteiger partial charge in [-0.1, -0.05) is 6.92 Å². The Kier molecular flexibility index (Phi) is 2.86. The van der Waals surface area contributed by atoms with Gasteiger partial charge in [0.1, 0.15) is 0 Å². The van der Waals surface area contributed by atoms with Crippen LogP contribution in [-0.2, 0) is 0 Å². The van der Waals surface area contributed by atoms with Gasteiger partial charge in [-0.2, -0.15) is 0 Å². The molecule has 0 spiro atoms. The van der Waals surface area contributed by atoms with Crippen molar-refractivity contribution < 1.29 is 0 Å². The van der Waals surface area contributed by atoms with E-state index < -0.39 is 0 Å². The normalized spacial score (nSPS) is 29.3. The molecular weight excluding hydrogens is 130 g/mol. The summed E-state index contributed by atoms with van der Waals surface area (Å²) in [5.74, 6) is 1.33. The van der Waals surface area contributed by atoms with Crippen LogP contribution in [0.5, 0.6) is 0 Å². The minimum Gasteiger partial charge on any atom is -0.291 e. The quantitative estimate of drug-likeness (QED) is 0.583. The molecule has 1 atom stereocenters. The summed E-state index contributed by atoms with van der Waals surface area (Å²) >= 11 is 2.07. The van der Waals surface area contributed by atoms with Gasteiger partial charge in [-0.3, -0.25) is 4.90 Å². The third-order valence-corrected chi connectivity index (χ3v) is 2.96. The van der Waals surface area contributed by atoms with Crippen molar-refractivity contribution in [2.75, 3.05) is 18.8 Å². The molecule has 0 aromatic rings. The van der Waals surface area contributed by atoms with Crippen LogP contribution in [0.15, 0.2) is 0 Å². The third kappa shape index (κ3) is 1.87. The zero-order chi connectivity index (χ0) is 6.69. The summed E-state index contributed by atoms with van der Waals surface area (Å²) in [5.41, 5.74) is 0. The van der Waals surface area contributed by atoms with E-state index in [4.69, 9.17) is 0 Å². The number of thioether (sulfide) groups is 1. The molecule has 1 saturated heterocycles. The largest absolute Gasteiger partial charge is 0.291 e. The first-order valence-electron chi connectivity index (χ1n) is 3.70. The van der Waals surface area contributed by atoms with Crippen LogP contribution in [-0.4, -0.2) is 29.1 Å². The molecular formula is C7H15NS. The molecule has 0 amide bonds. The molecule has 0 N–H and O–H groups in total. The lowest BCUT2D eigenvalue weighted by atomic mass is 10.4. The summed E-state index contributed by atoms with van der Waals surface area (Å²) < 4.78 is 0. The van der Waals surface area contributed by atoms with E-state index in [0.29, 0.717) is 0 Å². The second kappa shape index (κ2) is 3.47. The van der Waals surface area contributed by atoms with Gasteiger partial charge in [-0.15, -0.1) is 11.8 Å². The van der Waals surface area contributed by atoms with Crippen LogP contribution < -0.4 is 0 Å². The van der Waals surface area contributed by atoms with E-state index in [9.17, 15) is 0 Å². The summed E-state index contributed by atoms with van der Waals surface area (Å²) in [7, 11) is 0. The van der Waals surface area contributed by atoms with Crippen LogP contribution >= 0.6 is 11.8 Å². The van der Waals surface area contributed by atoms with E-state index in [2.05, 4.69) is 30.5 Å². The second-order valence-corrected chi connectivity index (χ2v) is 3.93. The number of hydrogen-bond donors (Lipinski definition) is 0. The molecule has 1 unspecified atom stereocenters. The average molecular weight is 145 g/mol. The Balaban J connectivity index is 2.22. The van der Waals surface area contributed by atoms with E-state index >= 15 is 0 Å². The molecule has 1 nitrogen and oxygen atoms in total. The molecule has 54 valence electrons. The monoisotopic (exact) mass is 145 g/mol. The summed E-state index contributed by atoms with van der Waals surface area (Å²) in [4.78, 5) is 2.55. The Bertz CT molecular complexity index is 85.0. The number of rotatable bonds is 2. The Morgan fingerprint density at radius 1 is 1.67 bits per heavy atom. The third-order valence-electron chi connectivity index (χ3n) is 1.76. The van der Waals surface area contributed by atoms with Crippen molar-refractivity contribution in [1.82, 2.24) is 4.90 Å². The van der Waals surface area contributed by atoms with Gasteiger partial charge in [-0.05, 0) is 19.9 Å². The summed E-state index contributed by atoms with van der Waals surface area (Å²) in [6.45, 7) is 7.14. The van der Waals surface area contributed by atoms with Gasteiger partial charge < -0.3 is 0 Å². The second-order valence-electron chi connectivity index (χ2n) is 2.51. The predicted molar refractivity (Wildman–Crippen MR) is 43.8 cm³/mol. The van der Waals surface area contributed by atoms with Gasteiger partial charge in [0, 0.05) is 12.3 Å². The molecule has 0 radical (unpaired) electrons. The SMILES string of the molecule is CCCN1CCSC1C. The maximum absolute atomic E-state index is 2.55. The van der Waals surface area contributed by atoms with Crippen molar-refractivity contribution in [3.8, 4) is 0 Å². The highest BCUT2D eigenvalue weighted by Gasteiger charge is 2.18. The van der Waals surface area contributed by atoms with Crippen LogP contribution in [0.25, 0.3) is 0 Å².